The third kappa shape index (κ3) is 3.63. The monoisotopic (exact) mass is 382 g/mol. The van der Waals surface area contributed by atoms with Gasteiger partial charge in [-0.1, -0.05) is 18.2 Å². The maximum absolute atomic E-state index is 12.6. The zero-order valence-electron chi connectivity index (χ0n) is 15.6. The molecule has 0 aliphatic carbocycles. The van der Waals surface area contributed by atoms with E-state index >= 15 is 0 Å². The highest BCUT2D eigenvalue weighted by molar-refractivity contribution is 5.82. The van der Waals surface area contributed by atoms with Crippen LogP contribution >= 0.6 is 0 Å². The Morgan fingerprint density at radius 1 is 1.21 bits per heavy atom. The molecule has 4 rings (SSSR count). The Bertz CT molecular complexity index is 1020. The maximum atomic E-state index is 12.6. The predicted molar refractivity (Wildman–Crippen MR) is 104 cm³/mol. The minimum atomic E-state index is -0.684. The number of pyridine rings is 1. The van der Waals surface area contributed by atoms with Gasteiger partial charge in [0.15, 0.2) is 5.58 Å². The lowest BCUT2D eigenvalue weighted by atomic mass is 10.2. The van der Waals surface area contributed by atoms with Gasteiger partial charge >= 0.3 is 5.76 Å². The van der Waals surface area contributed by atoms with Crippen molar-refractivity contribution in [3.8, 4) is 0 Å². The van der Waals surface area contributed by atoms with Crippen molar-refractivity contribution in [1.29, 1.82) is 0 Å². The number of aromatic nitrogens is 2. The number of nitrogens with zero attached hydrogens (tertiary/aromatic N) is 3. The van der Waals surface area contributed by atoms with E-state index in [2.05, 4.69) is 15.2 Å². The van der Waals surface area contributed by atoms with E-state index < -0.39 is 11.8 Å². The van der Waals surface area contributed by atoms with E-state index in [9.17, 15) is 9.59 Å². The zero-order valence-corrected chi connectivity index (χ0v) is 15.6. The van der Waals surface area contributed by atoms with Gasteiger partial charge in [-0.05, 0) is 30.7 Å². The van der Waals surface area contributed by atoms with E-state index in [0.29, 0.717) is 30.9 Å². The van der Waals surface area contributed by atoms with Crippen molar-refractivity contribution in [3.63, 3.8) is 0 Å². The lowest BCUT2D eigenvalue weighted by molar-refractivity contribution is -0.124. The molecule has 3 aromatic rings. The Balaban J connectivity index is 1.41. The molecule has 2 aromatic heterocycles. The van der Waals surface area contributed by atoms with Gasteiger partial charge < -0.3 is 19.4 Å². The van der Waals surface area contributed by atoms with Crippen molar-refractivity contribution in [2.45, 2.75) is 19.5 Å². The van der Waals surface area contributed by atoms with Crippen molar-refractivity contribution in [1.82, 2.24) is 14.9 Å². The van der Waals surface area contributed by atoms with Crippen LogP contribution in [-0.4, -0.2) is 41.8 Å². The summed E-state index contributed by atoms with van der Waals surface area (Å²) in [6, 6.07) is 10.3. The fourth-order valence-corrected chi connectivity index (χ4v) is 3.31. The lowest BCUT2D eigenvalue weighted by Crippen LogP contribution is -2.36. The molecule has 1 aromatic carbocycles. The average molecular weight is 382 g/mol. The molecule has 3 heterocycles. The van der Waals surface area contributed by atoms with Gasteiger partial charge in [0.05, 0.1) is 18.7 Å². The molecular weight excluding hydrogens is 360 g/mol. The molecule has 1 atom stereocenters. The molecule has 146 valence electrons. The van der Waals surface area contributed by atoms with Crippen LogP contribution in [0.4, 0.5) is 5.82 Å². The van der Waals surface area contributed by atoms with Crippen LogP contribution in [0.1, 0.15) is 18.5 Å². The number of carbonyl (C=O) groups is 1. The van der Waals surface area contributed by atoms with Crippen LogP contribution in [0.2, 0.25) is 0 Å². The second kappa shape index (κ2) is 7.85. The molecule has 1 unspecified atom stereocenters. The van der Waals surface area contributed by atoms with Gasteiger partial charge in [-0.2, -0.15) is 0 Å². The molecule has 28 heavy (non-hydrogen) atoms. The molecule has 8 nitrogen and oxygen atoms in total. The van der Waals surface area contributed by atoms with Gasteiger partial charge in [0.2, 0.25) is 5.91 Å². The summed E-state index contributed by atoms with van der Waals surface area (Å²) < 4.78 is 11.9. The van der Waals surface area contributed by atoms with E-state index in [1.54, 1.807) is 37.4 Å². The minimum Gasteiger partial charge on any atom is -0.408 e. The Morgan fingerprint density at radius 2 is 2.00 bits per heavy atom. The third-order valence-electron chi connectivity index (χ3n) is 4.90. The van der Waals surface area contributed by atoms with Gasteiger partial charge in [-0.15, -0.1) is 0 Å². The van der Waals surface area contributed by atoms with Crippen LogP contribution in [0.3, 0.4) is 0 Å². The largest absolute Gasteiger partial charge is 0.420 e. The Morgan fingerprint density at radius 3 is 2.75 bits per heavy atom. The van der Waals surface area contributed by atoms with Crippen LogP contribution in [0.5, 0.6) is 0 Å². The number of oxazole rings is 1. The number of ether oxygens (including phenoxy) is 1. The zero-order chi connectivity index (χ0) is 19.5. The standard InChI is InChI=1S/C20H22N4O4/c1-14(24-16-4-2-3-5-17(16)28-20(24)26)19(25)22-13-15-6-7-18(21-12-15)23-8-10-27-11-9-23/h2-7,12,14H,8-11,13H2,1H3,(H,22,25). The Kier molecular flexibility index (Phi) is 5.12. The van der Waals surface area contributed by atoms with Crippen molar-refractivity contribution < 1.29 is 13.9 Å². The first-order chi connectivity index (χ1) is 13.6. The summed E-state index contributed by atoms with van der Waals surface area (Å²) in [5.41, 5.74) is 1.96. The maximum Gasteiger partial charge on any atom is 0.420 e. The van der Waals surface area contributed by atoms with E-state index in [1.807, 2.05) is 12.1 Å². The Labute approximate surface area is 161 Å². The number of nitrogens with one attached hydrogen (secondary N) is 1. The average Bonchev–Trinajstić information content (AvgIpc) is 3.08. The molecule has 1 amide bonds. The minimum absolute atomic E-state index is 0.258. The molecule has 1 saturated heterocycles. The molecule has 1 fully saturated rings. The van der Waals surface area contributed by atoms with Crippen molar-refractivity contribution in [2.24, 2.45) is 0 Å². The summed E-state index contributed by atoms with van der Waals surface area (Å²) in [5.74, 6) is 0.106. The number of fused-ring (bicyclic) bond motifs is 1. The lowest BCUT2D eigenvalue weighted by Gasteiger charge is -2.27. The second-order valence-corrected chi connectivity index (χ2v) is 6.72. The fourth-order valence-electron chi connectivity index (χ4n) is 3.31. The molecular formula is C20H22N4O4. The van der Waals surface area contributed by atoms with E-state index in [0.717, 1.165) is 24.5 Å². The van der Waals surface area contributed by atoms with Crippen LogP contribution in [-0.2, 0) is 16.1 Å². The number of carbonyl (C=O) groups excluding carboxylic acids is 1. The van der Waals surface area contributed by atoms with Crippen LogP contribution in [0.25, 0.3) is 11.1 Å². The van der Waals surface area contributed by atoms with Gasteiger partial charge in [-0.3, -0.25) is 9.36 Å². The topological polar surface area (TPSA) is 89.6 Å². The van der Waals surface area contributed by atoms with Crippen LogP contribution < -0.4 is 16.0 Å². The molecule has 0 radical (unpaired) electrons. The number of anilines is 1. The van der Waals surface area contributed by atoms with Crippen molar-refractivity contribution >= 4 is 22.8 Å². The highest BCUT2D eigenvalue weighted by Crippen LogP contribution is 2.17. The van der Waals surface area contributed by atoms with Gasteiger partial charge in [0.25, 0.3) is 0 Å². The highest BCUT2D eigenvalue weighted by Gasteiger charge is 2.21. The van der Waals surface area contributed by atoms with E-state index in [-0.39, 0.29) is 5.91 Å². The number of amides is 1. The predicted octanol–water partition coefficient (Wildman–Crippen LogP) is 1.70. The third-order valence-corrected chi connectivity index (χ3v) is 4.90. The molecule has 0 spiro atoms. The smallest absolute Gasteiger partial charge is 0.408 e. The number of hydrogen-bond donors (Lipinski definition) is 1. The van der Waals surface area contributed by atoms with Gasteiger partial charge in [0, 0.05) is 25.8 Å². The summed E-state index contributed by atoms with van der Waals surface area (Å²) in [4.78, 5) is 31.4. The summed E-state index contributed by atoms with van der Waals surface area (Å²) in [7, 11) is 0. The summed E-state index contributed by atoms with van der Waals surface area (Å²) in [6.45, 7) is 5.09. The SMILES string of the molecule is CC(C(=O)NCc1ccc(N2CCOCC2)nc1)n1c(=O)oc2ccccc21. The summed E-state index contributed by atoms with van der Waals surface area (Å²) in [5, 5.41) is 2.86. The first kappa shape index (κ1) is 18.2. The number of morpholine rings is 1. The number of rotatable bonds is 5. The molecule has 1 N–H and O–H groups in total. The quantitative estimate of drug-likeness (QED) is 0.723. The molecule has 0 bridgehead atoms. The Hall–Kier alpha value is -3.13. The summed E-state index contributed by atoms with van der Waals surface area (Å²) in [6.07, 6.45) is 1.76. The van der Waals surface area contributed by atoms with Gasteiger partial charge in [-0.25, -0.2) is 9.78 Å². The number of benzene rings is 1. The first-order valence-electron chi connectivity index (χ1n) is 9.29. The van der Waals surface area contributed by atoms with Crippen molar-refractivity contribution in [2.75, 3.05) is 31.2 Å². The number of para-hydroxylation sites is 2. The molecule has 0 saturated carbocycles. The normalized spacial score (nSPS) is 15.5. The van der Waals surface area contributed by atoms with E-state index in [1.165, 1.54) is 4.57 Å². The summed E-state index contributed by atoms with van der Waals surface area (Å²) >= 11 is 0. The van der Waals surface area contributed by atoms with Crippen LogP contribution in [0.15, 0.2) is 51.8 Å². The van der Waals surface area contributed by atoms with Gasteiger partial charge in [0.1, 0.15) is 11.9 Å². The molecule has 1 aliphatic rings. The van der Waals surface area contributed by atoms with Crippen molar-refractivity contribution in [3.05, 3.63) is 58.7 Å². The number of hydrogen-bond acceptors (Lipinski definition) is 6. The second-order valence-electron chi connectivity index (χ2n) is 6.72. The highest BCUT2D eigenvalue weighted by atomic mass is 16.5. The van der Waals surface area contributed by atoms with Crippen LogP contribution in [0, 0.1) is 0 Å². The molecule has 8 heteroatoms. The molecule has 1 aliphatic heterocycles. The first-order valence-corrected chi connectivity index (χ1v) is 9.29. The van der Waals surface area contributed by atoms with E-state index in [4.69, 9.17) is 9.15 Å². The fraction of sp³-hybridized carbons (Fsp3) is 0.350.